The summed E-state index contributed by atoms with van der Waals surface area (Å²) in [5.41, 5.74) is 0.398. The number of rotatable bonds is 5. The van der Waals surface area contributed by atoms with Crippen LogP contribution >= 0.6 is 0 Å². The maximum Gasteiger partial charge on any atom is 0.273 e. The monoisotopic (exact) mass is 342 g/mol. The van der Waals surface area contributed by atoms with E-state index < -0.39 is 4.92 Å². The molecular formula is C17H18N4O4. The van der Waals surface area contributed by atoms with Gasteiger partial charge in [0.1, 0.15) is 6.10 Å². The summed E-state index contributed by atoms with van der Waals surface area (Å²) in [5, 5.41) is 11.1. The van der Waals surface area contributed by atoms with Gasteiger partial charge < -0.3 is 9.64 Å². The summed E-state index contributed by atoms with van der Waals surface area (Å²) in [6.07, 6.45) is 6.15. The number of nitro groups is 1. The van der Waals surface area contributed by atoms with E-state index in [-0.39, 0.29) is 24.1 Å². The lowest BCUT2D eigenvalue weighted by atomic mass is 10.1. The van der Waals surface area contributed by atoms with E-state index in [4.69, 9.17) is 4.74 Å². The lowest BCUT2D eigenvalue weighted by molar-refractivity contribution is -0.385. The van der Waals surface area contributed by atoms with Gasteiger partial charge in [-0.05, 0) is 12.8 Å². The van der Waals surface area contributed by atoms with Crippen molar-refractivity contribution in [3.8, 4) is 5.88 Å². The van der Waals surface area contributed by atoms with Crippen molar-refractivity contribution in [2.45, 2.75) is 25.4 Å². The van der Waals surface area contributed by atoms with Crippen molar-refractivity contribution in [3.63, 3.8) is 0 Å². The molecule has 0 bridgehead atoms. The number of ether oxygens (including phenoxy) is 1. The minimum atomic E-state index is -0.460. The highest BCUT2D eigenvalue weighted by Crippen LogP contribution is 2.21. The van der Waals surface area contributed by atoms with Gasteiger partial charge in [-0.25, -0.2) is 4.98 Å². The normalized spacial score (nSPS) is 17.1. The Morgan fingerprint density at radius 3 is 2.96 bits per heavy atom. The van der Waals surface area contributed by atoms with Crippen LogP contribution < -0.4 is 4.74 Å². The highest BCUT2D eigenvalue weighted by Gasteiger charge is 2.26. The van der Waals surface area contributed by atoms with Gasteiger partial charge in [0.05, 0.1) is 24.1 Å². The molecule has 0 N–H and O–H groups in total. The quantitative estimate of drug-likeness (QED) is 0.609. The lowest BCUT2D eigenvalue weighted by Gasteiger charge is -2.32. The minimum absolute atomic E-state index is 0.00894. The zero-order valence-electron chi connectivity index (χ0n) is 13.6. The Hall–Kier alpha value is -3.03. The fraction of sp³-hybridized carbons (Fsp3) is 0.353. The third kappa shape index (κ3) is 4.28. The third-order valence-electron chi connectivity index (χ3n) is 4.09. The number of hydrogen-bond acceptors (Lipinski definition) is 6. The molecule has 1 aromatic carbocycles. The summed E-state index contributed by atoms with van der Waals surface area (Å²) < 4.78 is 5.77. The number of nitrogens with zero attached hydrogens (tertiary/aromatic N) is 4. The molecule has 2 aromatic rings. The summed E-state index contributed by atoms with van der Waals surface area (Å²) in [4.78, 5) is 32.9. The summed E-state index contributed by atoms with van der Waals surface area (Å²) >= 11 is 0. The number of aromatic nitrogens is 2. The van der Waals surface area contributed by atoms with Crippen LogP contribution in [0.25, 0.3) is 0 Å². The van der Waals surface area contributed by atoms with Crippen LogP contribution in [0.2, 0.25) is 0 Å². The Kier molecular flexibility index (Phi) is 5.17. The van der Waals surface area contributed by atoms with Crippen LogP contribution in [-0.4, -0.2) is 44.9 Å². The second-order valence-electron chi connectivity index (χ2n) is 5.83. The molecule has 1 atom stereocenters. The van der Waals surface area contributed by atoms with Crippen molar-refractivity contribution in [2.75, 3.05) is 13.1 Å². The SMILES string of the molecule is O=C(Cc1ccccc1[N+](=O)[O-])N1CCCC(Oc2cnccn2)C1. The standard InChI is InChI=1S/C17H18N4O4/c22-17(10-13-4-1-2-6-15(13)21(23)24)20-9-3-5-14(12-20)25-16-11-18-7-8-19-16/h1-2,4,6-8,11,14H,3,5,9-10,12H2. The maximum absolute atomic E-state index is 12.6. The number of amides is 1. The van der Waals surface area contributed by atoms with Crippen LogP contribution in [0.15, 0.2) is 42.9 Å². The number of para-hydroxylation sites is 1. The van der Waals surface area contributed by atoms with Gasteiger partial charge in [0.15, 0.2) is 0 Å². The number of carbonyl (C=O) groups is 1. The van der Waals surface area contributed by atoms with Crippen molar-refractivity contribution in [1.29, 1.82) is 0 Å². The van der Waals surface area contributed by atoms with Gasteiger partial charge in [-0.2, -0.15) is 0 Å². The van der Waals surface area contributed by atoms with E-state index in [1.165, 1.54) is 12.3 Å². The molecule has 0 spiro atoms. The largest absolute Gasteiger partial charge is 0.471 e. The number of likely N-dealkylation sites (tertiary alicyclic amines) is 1. The van der Waals surface area contributed by atoms with Gasteiger partial charge in [-0.3, -0.25) is 19.9 Å². The summed E-state index contributed by atoms with van der Waals surface area (Å²) in [6.45, 7) is 1.07. The van der Waals surface area contributed by atoms with Gasteiger partial charge in [-0.15, -0.1) is 0 Å². The molecule has 1 aliphatic heterocycles. The number of hydrogen-bond donors (Lipinski definition) is 0. The molecular weight excluding hydrogens is 324 g/mol. The molecule has 3 rings (SSSR count). The molecule has 1 aromatic heterocycles. The van der Waals surface area contributed by atoms with Crippen molar-refractivity contribution >= 4 is 11.6 Å². The second-order valence-corrected chi connectivity index (χ2v) is 5.83. The van der Waals surface area contributed by atoms with Crippen LogP contribution in [-0.2, 0) is 11.2 Å². The predicted octanol–water partition coefficient (Wildman–Crippen LogP) is 2.00. The smallest absolute Gasteiger partial charge is 0.273 e. The van der Waals surface area contributed by atoms with Gasteiger partial charge in [0, 0.05) is 30.6 Å². The molecule has 25 heavy (non-hydrogen) atoms. The first-order chi connectivity index (χ1) is 12.1. The molecule has 0 aliphatic carbocycles. The summed E-state index contributed by atoms with van der Waals surface area (Å²) in [5.74, 6) is 0.294. The first kappa shape index (κ1) is 16.8. The van der Waals surface area contributed by atoms with E-state index in [1.807, 2.05) is 0 Å². The van der Waals surface area contributed by atoms with Crippen molar-refractivity contribution in [2.24, 2.45) is 0 Å². The van der Waals surface area contributed by atoms with Gasteiger partial charge in [0.25, 0.3) is 5.69 Å². The minimum Gasteiger partial charge on any atom is -0.471 e. The molecule has 1 aliphatic rings. The van der Waals surface area contributed by atoms with Crippen LogP contribution in [0, 0.1) is 10.1 Å². The first-order valence-corrected chi connectivity index (χ1v) is 8.06. The van der Waals surface area contributed by atoms with Crippen molar-refractivity contribution in [3.05, 3.63) is 58.5 Å². The molecule has 1 saturated heterocycles. The highest BCUT2D eigenvalue weighted by molar-refractivity contribution is 5.80. The van der Waals surface area contributed by atoms with Gasteiger partial charge >= 0.3 is 0 Å². The number of carbonyl (C=O) groups excluding carboxylic acids is 1. The Morgan fingerprint density at radius 1 is 1.36 bits per heavy atom. The van der Waals surface area contributed by atoms with E-state index >= 15 is 0 Å². The van der Waals surface area contributed by atoms with Crippen LogP contribution in [0.5, 0.6) is 5.88 Å². The zero-order valence-corrected chi connectivity index (χ0v) is 13.6. The molecule has 8 nitrogen and oxygen atoms in total. The Bertz CT molecular complexity index is 753. The molecule has 1 amide bonds. The van der Waals surface area contributed by atoms with Crippen molar-refractivity contribution in [1.82, 2.24) is 14.9 Å². The molecule has 2 heterocycles. The van der Waals surface area contributed by atoms with Gasteiger partial charge in [-0.1, -0.05) is 18.2 Å². The van der Waals surface area contributed by atoms with Crippen LogP contribution in [0.1, 0.15) is 18.4 Å². The van der Waals surface area contributed by atoms with E-state index in [2.05, 4.69) is 9.97 Å². The average Bonchev–Trinajstić information content (AvgIpc) is 2.63. The predicted molar refractivity (Wildman–Crippen MR) is 89.1 cm³/mol. The lowest BCUT2D eigenvalue weighted by Crippen LogP contribution is -2.45. The number of benzene rings is 1. The summed E-state index contributed by atoms with van der Waals surface area (Å²) in [6, 6.07) is 6.33. The molecule has 130 valence electrons. The van der Waals surface area contributed by atoms with E-state index in [9.17, 15) is 14.9 Å². The van der Waals surface area contributed by atoms with Gasteiger partial charge in [0.2, 0.25) is 11.8 Å². The van der Waals surface area contributed by atoms with E-state index in [0.717, 1.165) is 12.8 Å². The molecule has 0 radical (unpaired) electrons. The van der Waals surface area contributed by atoms with E-state index in [1.54, 1.807) is 35.5 Å². The molecule has 1 unspecified atom stereocenters. The van der Waals surface area contributed by atoms with Crippen LogP contribution in [0.3, 0.4) is 0 Å². The fourth-order valence-corrected chi connectivity index (χ4v) is 2.89. The number of nitro benzene ring substituents is 1. The third-order valence-corrected chi connectivity index (χ3v) is 4.09. The second kappa shape index (κ2) is 7.69. The molecule has 1 fully saturated rings. The topological polar surface area (TPSA) is 98.5 Å². The maximum atomic E-state index is 12.6. The first-order valence-electron chi connectivity index (χ1n) is 8.06. The van der Waals surface area contributed by atoms with Crippen molar-refractivity contribution < 1.29 is 14.5 Å². The van der Waals surface area contributed by atoms with E-state index in [0.29, 0.717) is 24.5 Å². The fourth-order valence-electron chi connectivity index (χ4n) is 2.89. The zero-order chi connectivity index (χ0) is 17.6. The van der Waals surface area contributed by atoms with Crippen LogP contribution in [0.4, 0.5) is 5.69 Å². The Morgan fingerprint density at radius 2 is 2.20 bits per heavy atom. The Balaban J connectivity index is 1.63. The molecule has 8 heteroatoms. The summed E-state index contributed by atoms with van der Waals surface area (Å²) in [7, 11) is 0. The highest BCUT2D eigenvalue weighted by atomic mass is 16.6. The molecule has 0 saturated carbocycles. The Labute approximate surface area is 144 Å². The average molecular weight is 342 g/mol. The number of piperidine rings is 1.